The van der Waals surface area contributed by atoms with Crippen molar-refractivity contribution < 1.29 is 14.9 Å². The molecule has 1 rings (SSSR count). The first-order valence-corrected chi connectivity index (χ1v) is 6.85. The molecule has 0 unspecified atom stereocenters. The van der Waals surface area contributed by atoms with Gasteiger partial charge in [0, 0.05) is 17.1 Å². The Labute approximate surface area is 116 Å². The van der Waals surface area contributed by atoms with Crippen molar-refractivity contribution >= 4 is 15.9 Å². The van der Waals surface area contributed by atoms with Crippen molar-refractivity contribution in [2.45, 2.75) is 25.5 Å². The molecule has 0 spiro atoms. The van der Waals surface area contributed by atoms with Gasteiger partial charge in [-0.05, 0) is 30.7 Å². The molecule has 1 aromatic rings. The molecule has 0 bridgehead atoms. The Kier molecular flexibility index (Phi) is 7.27. The minimum atomic E-state index is -0.589. The summed E-state index contributed by atoms with van der Waals surface area (Å²) in [4.78, 5) is 0. The molecule has 0 aliphatic rings. The topological polar surface area (TPSA) is 61.7 Å². The molecule has 0 fully saturated rings. The summed E-state index contributed by atoms with van der Waals surface area (Å²) in [5, 5.41) is 21.8. The lowest BCUT2D eigenvalue weighted by atomic mass is 10.2. The van der Waals surface area contributed by atoms with Gasteiger partial charge in [0.15, 0.2) is 0 Å². The maximum absolute atomic E-state index is 9.73. The van der Waals surface area contributed by atoms with Gasteiger partial charge in [0.05, 0.1) is 6.61 Å². The van der Waals surface area contributed by atoms with Crippen LogP contribution in [0.25, 0.3) is 0 Å². The van der Waals surface area contributed by atoms with Crippen LogP contribution in [0.5, 0.6) is 5.75 Å². The van der Waals surface area contributed by atoms with Crippen molar-refractivity contribution in [3.8, 4) is 5.75 Å². The van der Waals surface area contributed by atoms with Crippen molar-refractivity contribution in [2.24, 2.45) is 0 Å². The lowest BCUT2D eigenvalue weighted by Gasteiger charge is -2.17. The molecule has 0 saturated heterocycles. The molecule has 0 aliphatic heterocycles. The Morgan fingerprint density at radius 2 is 2.00 bits per heavy atom. The normalized spacial score (nSPS) is 14.2. The van der Waals surface area contributed by atoms with Gasteiger partial charge in [-0.2, -0.15) is 0 Å². The molecule has 0 radical (unpaired) electrons. The Morgan fingerprint density at radius 3 is 2.56 bits per heavy atom. The van der Waals surface area contributed by atoms with Crippen LogP contribution in [-0.4, -0.2) is 42.1 Å². The van der Waals surface area contributed by atoms with E-state index in [1.807, 2.05) is 31.2 Å². The van der Waals surface area contributed by atoms with E-state index in [1.165, 1.54) is 0 Å². The molecule has 2 atom stereocenters. The lowest BCUT2D eigenvalue weighted by Crippen LogP contribution is -2.39. The quantitative estimate of drug-likeness (QED) is 0.681. The van der Waals surface area contributed by atoms with Gasteiger partial charge in [-0.15, -0.1) is 0 Å². The first-order valence-electron chi connectivity index (χ1n) is 6.06. The molecule has 0 aromatic heterocycles. The average molecular weight is 318 g/mol. The minimum absolute atomic E-state index is 0.0346. The summed E-state index contributed by atoms with van der Waals surface area (Å²) in [5.74, 6) is 0.728. The van der Waals surface area contributed by atoms with Crippen LogP contribution in [0.4, 0.5) is 0 Å². The Morgan fingerprint density at radius 1 is 1.33 bits per heavy atom. The second-order valence-corrected chi connectivity index (χ2v) is 5.03. The van der Waals surface area contributed by atoms with Gasteiger partial charge in [-0.1, -0.05) is 22.9 Å². The number of aliphatic hydroxyl groups excluding tert-OH is 2. The molecule has 3 N–H and O–H groups in total. The maximum Gasteiger partial charge on any atom is 0.119 e. The van der Waals surface area contributed by atoms with Crippen LogP contribution >= 0.6 is 15.9 Å². The molecule has 4 nitrogen and oxygen atoms in total. The van der Waals surface area contributed by atoms with Crippen LogP contribution in [0.15, 0.2) is 28.7 Å². The van der Waals surface area contributed by atoms with E-state index >= 15 is 0 Å². The third-order valence-electron chi connectivity index (χ3n) is 2.61. The Bertz CT molecular complexity index is 328. The SMILES string of the molecule is CC[C@H](CO)NC[C@@H](O)COc1ccc(Br)cc1. The lowest BCUT2D eigenvalue weighted by molar-refractivity contribution is 0.0995. The standard InChI is InChI=1S/C13H20BrNO3/c1-2-11(8-16)15-7-12(17)9-18-13-5-3-10(14)4-6-13/h3-6,11-12,15-17H,2,7-9H2,1H3/t11-,12-/m1/s1. The van der Waals surface area contributed by atoms with Gasteiger partial charge in [0.2, 0.25) is 0 Å². The average Bonchev–Trinajstić information content (AvgIpc) is 2.39. The predicted molar refractivity (Wildman–Crippen MR) is 74.8 cm³/mol. The molecule has 0 saturated carbocycles. The van der Waals surface area contributed by atoms with Crippen molar-refractivity contribution in [1.29, 1.82) is 0 Å². The Balaban J connectivity index is 2.24. The fourth-order valence-electron chi connectivity index (χ4n) is 1.42. The molecule has 0 aliphatic carbocycles. The van der Waals surface area contributed by atoms with Gasteiger partial charge < -0.3 is 20.3 Å². The van der Waals surface area contributed by atoms with Gasteiger partial charge >= 0.3 is 0 Å². The second-order valence-electron chi connectivity index (χ2n) is 4.11. The zero-order chi connectivity index (χ0) is 13.4. The van der Waals surface area contributed by atoms with Gasteiger partial charge in [0.1, 0.15) is 18.5 Å². The van der Waals surface area contributed by atoms with Crippen LogP contribution < -0.4 is 10.1 Å². The smallest absolute Gasteiger partial charge is 0.119 e. The third kappa shape index (κ3) is 5.82. The molecule has 0 heterocycles. The summed E-state index contributed by atoms with van der Waals surface area (Å²) < 4.78 is 6.44. The number of nitrogens with one attached hydrogen (secondary N) is 1. The van der Waals surface area contributed by atoms with E-state index in [4.69, 9.17) is 9.84 Å². The number of hydrogen-bond acceptors (Lipinski definition) is 4. The maximum atomic E-state index is 9.73. The van der Waals surface area contributed by atoms with Crippen LogP contribution in [0.1, 0.15) is 13.3 Å². The largest absolute Gasteiger partial charge is 0.491 e. The van der Waals surface area contributed by atoms with E-state index in [0.717, 1.165) is 16.6 Å². The second kappa shape index (κ2) is 8.48. The first kappa shape index (κ1) is 15.4. The number of hydrogen-bond donors (Lipinski definition) is 3. The van der Waals surface area contributed by atoms with E-state index < -0.39 is 6.10 Å². The molecular formula is C13H20BrNO3. The molecular weight excluding hydrogens is 298 g/mol. The van der Waals surface area contributed by atoms with E-state index in [0.29, 0.717) is 6.54 Å². The third-order valence-corrected chi connectivity index (χ3v) is 3.14. The number of benzene rings is 1. The summed E-state index contributed by atoms with van der Waals surface area (Å²) in [7, 11) is 0. The summed E-state index contributed by atoms with van der Waals surface area (Å²) in [5.41, 5.74) is 0. The molecule has 0 amide bonds. The summed E-state index contributed by atoms with van der Waals surface area (Å²) in [6.07, 6.45) is 0.241. The summed E-state index contributed by atoms with van der Waals surface area (Å²) >= 11 is 3.34. The highest BCUT2D eigenvalue weighted by Crippen LogP contribution is 2.16. The van der Waals surface area contributed by atoms with Crippen LogP contribution in [0, 0.1) is 0 Å². The van der Waals surface area contributed by atoms with Gasteiger partial charge in [-0.25, -0.2) is 0 Å². The molecule has 5 heteroatoms. The van der Waals surface area contributed by atoms with E-state index in [2.05, 4.69) is 21.2 Å². The fourth-order valence-corrected chi connectivity index (χ4v) is 1.69. The van der Waals surface area contributed by atoms with Crippen LogP contribution in [-0.2, 0) is 0 Å². The highest BCUT2D eigenvalue weighted by atomic mass is 79.9. The van der Waals surface area contributed by atoms with Crippen LogP contribution in [0.2, 0.25) is 0 Å². The Hall–Kier alpha value is -0.620. The summed E-state index contributed by atoms with van der Waals surface area (Å²) in [6.45, 7) is 2.71. The molecule has 102 valence electrons. The number of aliphatic hydroxyl groups is 2. The number of halogens is 1. The number of rotatable bonds is 8. The monoisotopic (exact) mass is 317 g/mol. The van der Waals surface area contributed by atoms with Crippen molar-refractivity contribution in [3.05, 3.63) is 28.7 Å². The van der Waals surface area contributed by atoms with E-state index in [1.54, 1.807) is 0 Å². The van der Waals surface area contributed by atoms with E-state index in [9.17, 15) is 5.11 Å². The van der Waals surface area contributed by atoms with Gasteiger partial charge in [-0.3, -0.25) is 0 Å². The van der Waals surface area contributed by atoms with Crippen molar-refractivity contribution in [3.63, 3.8) is 0 Å². The van der Waals surface area contributed by atoms with Gasteiger partial charge in [0.25, 0.3) is 0 Å². The van der Waals surface area contributed by atoms with E-state index in [-0.39, 0.29) is 19.3 Å². The molecule has 18 heavy (non-hydrogen) atoms. The number of ether oxygens (including phenoxy) is 1. The highest BCUT2D eigenvalue weighted by molar-refractivity contribution is 9.10. The van der Waals surface area contributed by atoms with Crippen LogP contribution in [0.3, 0.4) is 0 Å². The zero-order valence-corrected chi connectivity index (χ0v) is 12.1. The van der Waals surface area contributed by atoms with Crippen molar-refractivity contribution in [1.82, 2.24) is 5.32 Å². The summed E-state index contributed by atoms with van der Waals surface area (Å²) in [6, 6.07) is 7.49. The minimum Gasteiger partial charge on any atom is -0.491 e. The zero-order valence-electron chi connectivity index (χ0n) is 10.5. The molecule has 1 aromatic carbocycles. The fraction of sp³-hybridized carbons (Fsp3) is 0.538. The van der Waals surface area contributed by atoms with Crippen molar-refractivity contribution in [2.75, 3.05) is 19.8 Å². The highest BCUT2D eigenvalue weighted by Gasteiger charge is 2.09. The first-order chi connectivity index (χ1) is 8.65. The predicted octanol–water partition coefficient (Wildman–Crippen LogP) is 1.55.